The van der Waals surface area contributed by atoms with Crippen LogP contribution in [0.1, 0.15) is 17.2 Å². The summed E-state index contributed by atoms with van der Waals surface area (Å²) in [5, 5.41) is 15.0. The Morgan fingerprint density at radius 1 is 1.43 bits per heavy atom. The van der Waals surface area contributed by atoms with Gasteiger partial charge in [0.1, 0.15) is 0 Å². The SMILES string of the molecule is O=[N+]([O-])c1cc(Cl)ccc1CN1CCNCC1c1cccnc1. The van der Waals surface area contributed by atoms with Gasteiger partial charge in [0, 0.05) is 61.3 Å². The summed E-state index contributed by atoms with van der Waals surface area (Å²) in [6.07, 6.45) is 3.59. The van der Waals surface area contributed by atoms with Crippen molar-refractivity contribution < 1.29 is 4.92 Å². The number of nitro benzene ring substituents is 1. The van der Waals surface area contributed by atoms with Crippen molar-refractivity contribution in [2.75, 3.05) is 19.6 Å². The zero-order chi connectivity index (χ0) is 16.2. The number of nitrogens with one attached hydrogen (secondary N) is 1. The summed E-state index contributed by atoms with van der Waals surface area (Å²) in [6.45, 7) is 2.99. The Bertz CT molecular complexity index is 696. The largest absolute Gasteiger partial charge is 0.314 e. The molecule has 0 saturated carbocycles. The van der Waals surface area contributed by atoms with Crippen LogP contribution in [-0.2, 0) is 6.54 Å². The first kappa shape index (κ1) is 15.9. The molecule has 0 amide bonds. The molecule has 0 bridgehead atoms. The number of pyridine rings is 1. The third-order valence-corrected chi connectivity index (χ3v) is 4.28. The van der Waals surface area contributed by atoms with Crippen LogP contribution in [0.15, 0.2) is 42.7 Å². The van der Waals surface area contributed by atoms with Crippen LogP contribution in [-0.4, -0.2) is 34.4 Å². The normalized spacial score (nSPS) is 18.7. The van der Waals surface area contributed by atoms with Crippen LogP contribution in [0.3, 0.4) is 0 Å². The maximum atomic E-state index is 11.3. The molecule has 1 N–H and O–H groups in total. The van der Waals surface area contributed by atoms with Gasteiger partial charge in [0.05, 0.1) is 4.92 Å². The maximum Gasteiger partial charge on any atom is 0.275 e. The van der Waals surface area contributed by atoms with E-state index in [1.807, 2.05) is 18.3 Å². The standard InChI is InChI=1S/C16H17ClN4O2/c17-14-4-3-13(15(8-14)21(22)23)11-20-7-6-19-10-16(20)12-2-1-5-18-9-12/h1-5,8-9,16,19H,6-7,10-11H2. The van der Waals surface area contributed by atoms with Crippen molar-refractivity contribution in [2.24, 2.45) is 0 Å². The average molecular weight is 333 g/mol. The number of hydrogen-bond donors (Lipinski definition) is 1. The van der Waals surface area contributed by atoms with E-state index < -0.39 is 0 Å². The highest BCUT2D eigenvalue weighted by Crippen LogP contribution is 2.28. The van der Waals surface area contributed by atoms with E-state index in [4.69, 9.17) is 11.6 Å². The molecular weight excluding hydrogens is 316 g/mol. The van der Waals surface area contributed by atoms with E-state index in [0.717, 1.165) is 25.2 Å². The van der Waals surface area contributed by atoms with E-state index in [1.165, 1.54) is 6.07 Å². The lowest BCUT2D eigenvalue weighted by atomic mass is 10.0. The maximum absolute atomic E-state index is 11.3. The summed E-state index contributed by atoms with van der Waals surface area (Å²) >= 11 is 5.89. The van der Waals surface area contributed by atoms with Crippen LogP contribution in [0.4, 0.5) is 5.69 Å². The lowest BCUT2D eigenvalue weighted by Crippen LogP contribution is -2.45. The number of piperazine rings is 1. The van der Waals surface area contributed by atoms with Crippen molar-refractivity contribution in [2.45, 2.75) is 12.6 Å². The Hall–Kier alpha value is -2.02. The number of halogens is 1. The van der Waals surface area contributed by atoms with E-state index in [2.05, 4.69) is 15.2 Å². The lowest BCUT2D eigenvalue weighted by Gasteiger charge is -2.36. The summed E-state index contributed by atoms with van der Waals surface area (Å²) in [5.41, 5.74) is 1.85. The molecule has 3 rings (SSSR count). The fraction of sp³-hybridized carbons (Fsp3) is 0.312. The average Bonchev–Trinajstić information content (AvgIpc) is 2.57. The first-order valence-corrected chi connectivity index (χ1v) is 7.80. The topological polar surface area (TPSA) is 71.3 Å². The molecule has 1 aromatic carbocycles. The third-order valence-electron chi connectivity index (χ3n) is 4.04. The minimum absolute atomic E-state index is 0.0703. The van der Waals surface area contributed by atoms with Gasteiger partial charge in [0.25, 0.3) is 5.69 Å². The summed E-state index contributed by atoms with van der Waals surface area (Å²) in [4.78, 5) is 17.3. The highest BCUT2D eigenvalue weighted by molar-refractivity contribution is 6.30. The minimum Gasteiger partial charge on any atom is -0.314 e. The predicted octanol–water partition coefficient (Wildman–Crippen LogP) is 2.79. The minimum atomic E-state index is -0.373. The first-order chi connectivity index (χ1) is 11.1. The molecule has 2 aromatic rings. The zero-order valence-corrected chi connectivity index (χ0v) is 13.2. The van der Waals surface area contributed by atoms with Gasteiger partial charge in [-0.1, -0.05) is 17.7 Å². The van der Waals surface area contributed by atoms with E-state index in [0.29, 0.717) is 17.1 Å². The second-order valence-electron chi connectivity index (χ2n) is 5.51. The van der Waals surface area contributed by atoms with Crippen LogP contribution in [0, 0.1) is 10.1 Å². The quantitative estimate of drug-likeness (QED) is 0.688. The molecule has 1 unspecified atom stereocenters. The van der Waals surface area contributed by atoms with E-state index in [9.17, 15) is 10.1 Å². The Morgan fingerprint density at radius 3 is 3.04 bits per heavy atom. The molecular formula is C16H17ClN4O2. The molecule has 23 heavy (non-hydrogen) atoms. The Morgan fingerprint density at radius 2 is 2.30 bits per heavy atom. The van der Waals surface area contributed by atoms with Gasteiger partial charge in [0.15, 0.2) is 0 Å². The summed E-state index contributed by atoms with van der Waals surface area (Å²) < 4.78 is 0. The molecule has 0 radical (unpaired) electrons. The molecule has 1 saturated heterocycles. The van der Waals surface area contributed by atoms with Crippen molar-refractivity contribution in [3.05, 3.63) is 69.0 Å². The molecule has 2 heterocycles. The molecule has 7 heteroatoms. The predicted molar refractivity (Wildman–Crippen MR) is 88.4 cm³/mol. The number of nitrogens with zero attached hydrogens (tertiary/aromatic N) is 3. The van der Waals surface area contributed by atoms with E-state index in [1.54, 1.807) is 18.3 Å². The van der Waals surface area contributed by atoms with E-state index >= 15 is 0 Å². The van der Waals surface area contributed by atoms with Gasteiger partial charge in [-0.05, 0) is 23.8 Å². The molecule has 0 spiro atoms. The molecule has 1 aromatic heterocycles. The van der Waals surface area contributed by atoms with Crippen molar-refractivity contribution in [1.82, 2.24) is 15.2 Å². The fourth-order valence-electron chi connectivity index (χ4n) is 2.90. The van der Waals surface area contributed by atoms with Crippen molar-refractivity contribution in [3.63, 3.8) is 0 Å². The Kier molecular flexibility index (Phi) is 4.85. The monoisotopic (exact) mass is 332 g/mol. The Balaban J connectivity index is 1.87. The van der Waals surface area contributed by atoms with Gasteiger partial charge in [0.2, 0.25) is 0 Å². The lowest BCUT2D eigenvalue weighted by molar-refractivity contribution is -0.385. The van der Waals surface area contributed by atoms with Crippen molar-refractivity contribution in [3.8, 4) is 0 Å². The fourth-order valence-corrected chi connectivity index (χ4v) is 3.06. The number of nitro groups is 1. The van der Waals surface area contributed by atoms with Crippen LogP contribution >= 0.6 is 11.6 Å². The van der Waals surface area contributed by atoms with Crippen LogP contribution in [0.2, 0.25) is 5.02 Å². The first-order valence-electron chi connectivity index (χ1n) is 7.42. The van der Waals surface area contributed by atoms with Gasteiger partial charge >= 0.3 is 0 Å². The van der Waals surface area contributed by atoms with Crippen LogP contribution < -0.4 is 5.32 Å². The highest BCUT2D eigenvalue weighted by Gasteiger charge is 2.26. The van der Waals surface area contributed by atoms with Gasteiger partial charge in [-0.2, -0.15) is 0 Å². The van der Waals surface area contributed by atoms with Crippen molar-refractivity contribution in [1.29, 1.82) is 0 Å². The number of rotatable bonds is 4. The summed E-state index contributed by atoms with van der Waals surface area (Å²) in [7, 11) is 0. The molecule has 1 fully saturated rings. The molecule has 120 valence electrons. The van der Waals surface area contributed by atoms with Crippen LogP contribution in [0.25, 0.3) is 0 Å². The summed E-state index contributed by atoms with van der Waals surface area (Å²) in [5.74, 6) is 0. The van der Waals surface area contributed by atoms with Crippen molar-refractivity contribution >= 4 is 17.3 Å². The Labute approximate surface area is 139 Å². The molecule has 0 aliphatic carbocycles. The molecule has 1 aliphatic rings. The third kappa shape index (κ3) is 3.67. The second kappa shape index (κ2) is 7.04. The number of benzene rings is 1. The zero-order valence-electron chi connectivity index (χ0n) is 12.5. The van der Waals surface area contributed by atoms with Gasteiger partial charge in [-0.25, -0.2) is 0 Å². The molecule has 1 atom stereocenters. The molecule has 1 aliphatic heterocycles. The van der Waals surface area contributed by atoms with Gasteiger partial charge in [-0.15, -0.1) is 0 Å². The van der Waals surface area contributed by atoms with Gasteiger partial charge in [-0.3, -0.25) is 20.0 Å². The molecule has 6 nitrogen and oxygen atoms in total. The number of hydrogen-bond acceptors (Lipinski definition) is 5. The van der Waals surface area contributed by atoms with Crippen LogP contribution in [0.5, 0.6) is 0 Å². The number of aromatic nitrogens is 1. The van der Waals surface area contributed by atoms with E-state index in [-0.39, 0.29) is 16.7 Å². The van der Waals surface area contributed by atoms with Gasteiger partial charge < -0.3 is 5.32 Å². The highest BCUT2D eigenvalue weighted by atomic mass is 35.5. The summed E-state index contributed by atoms with van der Waals surface area (Å²) in [6, 6.07) is 8.94. The smallest absolute Gasteiger partial charge is 0.275 e. The second-order valence-corrected chi connectivity index (χ2v) is 5.94.